The van der Waals surface area contributed by atoms with Gasteiger partial charge in [-0.3, -0.25) is 4.90 Å². The molecule has 1 aliphatic rings. The number of rotatable bonds is 3. The van der Waals surface area contributed by atoms with Gasteiger partial charge in [0.05, 0.1) is 11.4 Å². The number of fused-ring (bicyclic) bond motifs is 1. The first-order chi connectivity index (χ1) is 11.7. The quantitative estimate of drug-likeness (QED) is 0.740. The third kappa shape index (κ3) is 2.87. The molecule has 0 radical (unpaired) electrons. The van der Waals surface area contributed by atoms with Crippen LogP contribution in [0.4, 0.5) is 10.1 Å². The summed E-state index contributed by atoms with van der Waals surface area (Å²) in [5.41, 5.74) is 3.98. The second kappa shape index (κ2) is 6.24. The topological polar surface area (TPSA) is 23.8 Å². The van der Waals surface area contributed by atoms with E-state index in [1.807, 2.05) is 24.3 Å². The van der Waals surface area contributed by atoms with E-state index in [1.54, 1.807) is 6.07 Å². The molecule has 5 heteroatoms. The fraction of sp³-hybridized carbons (Fsp3) is 0.316. The van der Waals surface area contributed by atoms with Crippen LogP contribution in [0.25, 0.3) is 5.65 Å². The van der Waals surface area contributed by atoms with E-state index in [0.29, 0.717) is 5.69 Å². The average Bonchev–Trinajstić information content (AvgIpc) is 3.00. The van der Waals surface area contributed by atoms with Crippen LogP contribution in [-0.2, 0) is 6.54 Å². The van der Waals surface area contributed by atoms with Gasteiger partial charge < -0.3 is 9.30 Å². The smallest absolute Gasteiger partial charge is 0.146 e. The van der Waals surface area contributed by atoms with Crippen molar-refractivity contribution < 1.29 is 4.39 Å². The lowest BCUT2D eigenvalue weighted by Gasteiger charge is -2.35. The van der Waals surface area contributed by atoms with Crippen LogP contribution in [0.3, 0.4) is 0 Å². The van der Waals surface area contributed by atoms with Crippen molar-refractivity contribution in [3.8, 4) is 0 Å². The first-order valence-electron chi connectivity index (χ1n) is 8.36. The zero-order valence-electron chi connectivity index (χ0n) is 13.8. The van der Waals surface area contributed by atoms with Crippen molar-refractivity contribution >= 4 is 11.3 Å². The minimum Gasteiger partial charge on any atom is -0.367 e. The zero-order chi connectivity index (χ0) is 16.5. The van der Waals surface area contributed by atoms with Crippen molar-refractivity contribution in [2.45, 2.75) is 13.5 Å². The normalized spacial score (nSPS) is 16.0. The Kier molecular flexibility index (Phi) is 3.94. The number of aryl methyl sites for hydroxylation is 1. The molecule has 0 aliphatic carbocycles. The molecule has 0 amide bonds. The van der Waals surface area contributed by atoms with Gasteiger partial charge in [0.15, 0.2) is 0 Å². The van der Waals surface area contributed by atoms with Crippen molar-refractivity contribution in [1.29, 1.82) is 0 Å². The van der Waals surface area contributed by atoms with Crippen molar-refractivity contribution in [2.24, 2.45) is 0 Å². The lowest BCUT2D eigenvalue weighted by Crippen LogP contribution is -2.46. The number of benzene rings is 1. The van der Waals surface area contributed by atoms with E-state index >= 15 is 0 Å². The minimum absolute atomic E-state index is 0.137. The predicted octanol–water partition coefficient (Wildman–Crippen LogP) is 3.10. The van der Waals surface area contributed by atoms with Gasteiger partial charge in [-0.25, -0.2) is 9.37 Å². The van der Waals surface area contributed by atoms with Crippen LogP contribution in [0.2, 0.25) is 0 Å². The number of hydrogen-bond acceptors (Lipinski definition) is 3. The van der Waals surface area contributed by atoms with Crippen LogP contribution in [-0.4, -0.2) is 40.5 Å². The van der Waals surface area contributed by atoms with Gasteiger partial charge in [0.25, 0.3) is 0 Å². The number of imidazole rings is 1. The molecule has 4 rings (SSSR count). The van der Waals surface area contributed by atoms with Crippen LogP contribution < -0.4 is 4.90 Å². The van der Waals surface area contributed by atoms with Crippen molar-refractivity contribution in [1.82, 2.24) is 14.3 Å². The molecular formula is C19H21FN4. The van der Waals surface area contributed by atoms with Crippen LogP contribution in [0, 0.1) is 12.7 Å². The molecule has 1 aromatic carbocycles. The Balaban J connectivity index is 1.42. The molecule has 24 heavy (non-hydrogen) atoms. The molecular weight excluding hydrogens is 303 g/mol. The average molecular weight is 324 g/mol. The summed E-state index contributed by atoms with van der Waals surface area (Å²) in [5.74, 6) is -0.137. The summed E-state index contributed by atoms with van der Waals surface area (Å²) < 4.78 is 16.0. The number of pyridine rings is 1. The fourth-order valence-electron chi connectivity index (χ4n) is 3.36. The molecule has 0 unspecified atom stereocenters. The van der Waals surface area contributed by atoms with Gasteiger partial charge >= 0.3 is 0 Å². The molecule has 0 spiro atoms. The largest absolute Gasteiger partial charge is 0.367 e. The maximum absolute atomic E-state index is 13.9. The number of anilines is 1. The first kappa shape index (κ1) is 15.1. The molecule has 2 aromatic heterocycles. The van der Waals surface area contributed by atoms with Crippen LogP contribution >= 0.6 is 0 Å². The molecule has 1 fully saturated rings. The highest BCUT2D eigenvalue weighted by atomic mass is 19.1. The predicted molar refractivity (Wildman–Crippen MR) is 93.8 cm³/mol. The number of halogens is 1. The van der Waals surface area contributed by atoms with Crippen molar-refractivity contribution in [3.05, 3.63) is 65.9 Å². The van der Waals surface area contributed by atoms with E-state index in [0.717, 1.165) is 44.1 Å². The summed E-state index contributed by atoms with van der Waals surface area (Å²) in [6.07, 6.45) is 2.12. The van der Waals surface area contributed by atoms with Gasteiger partial charge in [-0.15, -0.1) is 0 Å². The molecule has 3 heterocycles. The second-order valence-corrected chi connectivity index (χ2v) is 6.34. The van der Waals surface area contributed by atoms with E-state index < -0.39 is 0 Å². The third-order valence-electron chi connectivity index (χ3n) is 4.70. The summed E-state index contributed by atoms with van der Waals surface area (Å²) in [7, 11) is 0. The number of piperazine rings is 1. The standard InChI is InChI=1S/C19H21FN4/c1-15-5-4-8-19-21-16(14-24(15)19)13-22-9-11-23(12-10-22)18-7-3-2-6-17(18)20/h2-8,14H,9-13H2,1H3. The Hall–Kier alpha value is -2.40. The Morgan fingerprint density at radius 3 is 2.54 bits per heavy atom. The van der Waals surface area contributed by atoms with Crippen LogP contribution in [0.1, 0.15) is 11.4 Å². The van der Waals surface area contributed by atoms with Gasteiger partial charge in [0.1, 0.15) is 11.5 Å². The lowest BCUT2D eigenvalue weighted by molar-refractivity contribution is 0.247. The van der Waals surface area contributed by atoms with Crippen molar-refractivity contribution in [3.63, 3.8) is 0 Å². The number of hydrogen-bond donors (Lipinski definition) is 0. The van der Waals surface area contributed by atoms with E-state index in [2.05, 4.69) is 33.4 Å². The SMILES string of the molecule is Cc1cccc2nc(CN3CCN(c4ccccc4F)CC3)cn12. The molecule has 4 nitrogen and oxygen atoms in total. The van der Waals surface area contributed by atoms with Gasteiger partial charge in [-0.2, -0.15) is 0 Å². The number of para-hydroxylation sites is 1. The molecule has 3 aromatic rings. The van der Waals surface area contributed by atoms with Gasteiger partial charge in [0, 0.05) is 44.6 Å². The van der Waals surface area contributed by atoms with E-state index in [4.69, 9.17) is 4.98 Å². The Labute approximate surface area is 141 Å². The molecule has 1 aliphatic heterocycles. The molecule has 0 N–H and O–H groups in total. The highest BCUT2D eigenvalue weighted by Gasteiger charge is 2.20. The summed E-state index contributed by atoms with van der Waals surface area (Å²) in [6.45, 7) is 6.45. The number of nitrogens with zero attached hydrogens (tertiary/aromatic N) is 4. The fourth-order valence-corrected chi connectivity index (χ4v) is 3.36. The first-order valence-corrected chi connectivity index (χ1v) is 8.36. The van der Waals surface area contributed by atoms with E-state index in [1.165, 1.54) is 11.8 Å². The Bertz CT molecular complexity index is 849. The maximum atomic E-state index is 13.9. The van der Waals surface area contributed by atoms with Crippen LogP contribution in [0.5, 0.6) is 0 Å². The van der Waals surface area contributed by atoms with Crippen molar-refractivity contribution in [2.75, 3.05) is 31.1 Å². The maximum Gasteiger partial charge on any atom is 0.146 e. The Morgan fingerprint density at radius 2 is 1.79 bits per heavy atom. The molecule has 1 saturated heterocycles. The third-order valence-corrected chi connectivity index (χ3v) is 4.70. The van der Waals surface area contributed by atoms with E-state index in [9.17, 15) is 4.39 Å². The highest BCUT2D eigenvalue weighted by molar-refractivity contribution is 5.48. The molecule has 0 atom stereocenters. The molecule has 124 valence electrons. The Morgan fingerprint density at radius 1 is 1.00 bits per heavy atom. The monoisotopic (exact) mass is 324 g/mol. The lowest BCUT2D eigenvalue weighted by atomic mass is 10.2. The van der Waals surface area contributed by atoms with Gasteiger partial charge in [-0.1, -0.05) is 18.2 Å². The molecule has 0 saturated carbocycles. The summed E-state index contributed by atoms with van der Waals surface area (Å²) in [5, 5.41) is 0. The van der Waals surface area contributed by atoms with Gasteiger partial charge in [-0.05, 0) is 31.2 Å². The summed E-state index contributed by atoms with van der Waals surface area (Å²) in [6, 6.07) is 13.2. The number of aromatic nitrogens is 2. The molecule has 0 bridgehead atoms. The van der Waals surface area contributed by atoms with Gasteiger partial charge in [0.2, 0.25) is 0 Å². The minimum atomic E-state index is -0.137. The van der Waals surface area contributed by atoms with E-state index in [-0.39, 0.29) is 5.82 Å². The van der Waals surface area contributed by atoms with Crippen LogP contribution in [0.15, 0.2) is 48.7 Å². The summed E-state index contributed by atoms with van der Waals surface area (Å²) >= 11 is 0. The second-order valence-electron chi connectivity index (χ2n) is 6.34. The summed E-state index contributed by atoms with van der Waals surface area (Å²) in [4.78, 5) is 9.21. The zero-order valence-corrected chi connectivity index (χ0v) is 13.8. The highest BCUT2D eigenvalue weighted by Crippen LogP contribution is 2.20.